The Morgan fingerprint density at radius 3 is 2.76 bits per heavy atom. The van der Waals surface area contributed by atoms with Crippen LogP contribution in [0.25, 0.3) is 0 Å². The molecule has 0 saturated carbocycles. The molecule has 2 aromatic rings. The van der Waals surface area contributed by atoms with Crippen LogP contribution in [0.4, 0.5) is 11.4 Å². The predicted octanol–water partition coefficient (Wildman–Crippen LogP) is 2.39. The zero-order valence-electron chi connectivity index (χ0n) is 12.7. The van der Waals surface area contributed by atoms with E-state index in [4.69, 9.17) is 10.5 Å². The first-order valence-corrected chi connectivity index (χ1v) is 6.85. The molecule has 1 aromatic heterocycles. The Balaban J connectivity index is 2.12. The summed E-state index contributed by atoms with van der Waals surface area (Å²) < 4.78 is 5.30. The van der Waals surface area contributed by atoms with Crippen LogP contribution in [0.1, 0.15) is 11.6 Å². The van der Waals surface area contributed by atoms with Gasteiger partial charge < -0.3 is 20.7 Å². The van der Waals surface area contributed by atoms with Gasteiger partial charge in [0, 0.05) is 12.7 Å². The fourth-order valence-electron chi connectivity index (χ4n) is 2.22. The maximum Gasteiger partial charge on any atom is 0.119 e. The summed E-state index contributed by atoms with van der Waals surface area (Å²) in [7, 11) is 5.80. The normalized spacial score (nSPS) is 12.2. The van der Waals surface area contributed by atoms with Gasteiger partial charge in [-0.25, -0.2) is 0 Å². The zero-order valence-corrected chi connectivity index (χ0v) is 12.7. The lowest BCUT2D eigenvalue weighted by molar-refractivity contribution is 0.310. The SMILES string of the molecule is COc1cccc(C(CNc2cncc(N)c2)N(C)C)c1. The molecule has 0 amide bonds. The highest BCUT2D eigenvalue weighted by Crippen LogP contribution is 2.23. The third kappa shape index (κ3) is 4.10. The van der Waals surface area contributed by atoms with Crippen molar-refractivity contribution in [2.24, 2.45) is 0 Å². The average molecular weight is 286 g/mol. The summed E-state index contributed by atoms with van der Waals surface area (Å²) >= 11 is 0. The molecular formula is C16H22N4O. The minimum Gasteiger partial charge on any atom is -0.497 e. The van der Waals surface area contributed by atoms with Gasteiger partial charge in [-0.15, -0.1) is 0 Å². The molecule has 1 heterocycles. The van der Waals surface area contributed by atoms with Crippen molar-refractivity contribution >= 4 is 11.4 Å². The molecule has 5 heteroatoms. The standard InChI is InChI=1S/C16H22N4O/c1-20(2)16(12-5-4-6-15(7-12)21-3)11-19-14-8-13(17)9-18-10-14/h4-10,16,19H,11,17H2,1-3H3. The van der Waals surface area contributed by atoms with Gasteiger partial charge in [-0.3, -0.25) is 4.98 Å². The molecule has 0 spiro atoms. The molecule has 1 unspecified atom stereocenters. The van der Waals surface area contributed by atoms with Crippen molar-refractivity contribution in [2.45, 2.75) is 6.04 Å². The van der Waals surface area contributed by atoms with Crippen molar-refractivity contribution in [1.29, 1.82) is 0 Å². The van der Waals surface area contributed by atoms with E-state index < -0.39 is 0 Å². The number of nitrogens with two attached hydrogens (primary N) is 1. The molecule has 2 rings (SSSR count). The van der Waals surface area contributed by atoms with Crippen molar-refractivity contribution in [3.63, 3.8) is 0 Å². The van der Waals surface area contributed by atoms with Gasteiger partial charge in [0.1, 0.15) is 5.75 Å². The van der Waals surface area contributed by atoms with Gasteiger partial charge in [-0.1, -0.05) is 12.1 Å². The van der Waals surface area contributed by atoms with E-state index in [1.165, 1.54) is 5.56 Å². The van der Waals surface area contributed by atoms with E-state index in [1.807, 2.05) is 18.2 Å². The topological polar surface area (TPSA) is 63.4 Å². The number of rotatable bonds is 6. The third-order valence-corrected chi connectivity index (χ3v) is 3.36. The molecule has 21 heavy (non-hydrogen) atoms. The van der Waals surface area contributed by atoms with Crippen LogP contribution in [-0.4, -0.2) is 37.6 Å². The van der Waals surface area contributed by atoms with Gasteiger partial charge in [-0.05, 0) is 37.9 Å². The number of likely N-dealkylation sites (N-methyl/N-ethyl adjacent to an activating group) is 1. The number of ether oxygens (including phenoxy) is 1. The summed E-state index contributed by atoms with van der Waals surface area (Å²) in [5.41, 5.74) is 8.52. The van der Waals surface area contributed by atoms with Gasteiger partial charge in [-0.2, -0.15) is 0 Å². The van der Waals surface area contributed by atoms with Crippen molar-refractivity contribution < 1.29 is 4.74 Å². The first-order valence-electron chi connectivity index (χ1n) is 6.85. The molecule has 3 N–H and O–H groups in total. The average Bonchev–Trinajstić information content (AvgIpc) is 2.47. The van der Waals surface area contributed by atoms with Crippen LogP contribution in [0.3, 0.4) is 0 Å². The predicted molar refractivity (Wildman–Crippen MR) is 86.6 cm³/mol. The monoisotopic (exact) mass is 286 g/mol. The van der Waals surface area contributed by atoms with Gasteiger partial charge in [0.05, 0.1) is 30.7 Å². The van der Waals surface area contributed by atoms with E-state index in [9.17, 15) is 0 Å². The number of benzene rings is 1. The van der Waals surface area contributed by atoms with Crippen LogP contribution < -0.4 is 15.8 Å². The molecule has 0 aliphatic carbocycles. The van der Waals surface area contributed by atoms with Crippen molar-refractivity contribution in [3.05, 3.63) is 48.3 Å². The first kappa shape index (κ1) is 15.1. The highest BCUT2D eigenvalue weighted by Gasteiger charge is 2.14. The Morgan fingerprint density at radius 1 is 1.29 bits per heavy atom. The minimum absolute atomic E-state index is 0.224. The Bertz CT molecular complexity index is 586. The van der Waals surface area contributed by atoms with Crippen LogP contribution in [0.5, 0.6) is 5.75 Å². The van der Waals surface area contributed by atoms with E-state index in [0.717, 1.165) is 18.0 Å². The molecule has 5 nitrogen and oxygen atoms in total. The Labute approximate surface area is 125 Å². The number of methoxy groups -OCH3 is 1. The molecule has 0 aliphatic rings. The number of nitrogens with one attached hydrogen (secondary N) is 1. The summed E-state index contributed by atoms with van der Waals surface area (Å²) in [6.45, 7) is 0.755. The third-order valence-electron chi connectivity index (χ3n) is 3.36. The van der Waals surface area contributed by atoms with Crippen LogP contribution in [0, 0.1) is 0 Å². The summed E-state index contributed by atoms with van der Waals surface area (Å²) in [5, 5.41) is 3.38. The second-order valence-corrected chi connectivity index (χ2v) is 5.14. The highest BCUT2D eigenvalue weighted by molar-refractivity contribution is 5.51. The number of nitrogen functional groups attached to an aromatic ring is 1. The zero-order chi connectivity index (χ0) is 15.2. The fourth-order valence-corrected chi connectivity index (χ4v) is 2.22. The molecule has 1 aromatic carbocycles. The second-order valence-electron chi connectivity index (χ2n) is 5.14. The van der Waals surface area contributed by atoms with Gasteiger partial charge in [0.2, 0.25) is 0 Å². The first-order chi connectivity index (χ1) is 10.1. The quantitative estimate of drug-likeness (QED) is 0.853. The van der Waals surface area contributed by atoms with Crippen LogP contribution in [0.2, 0.25) is 0 Å². The van der Waals surface area contributed by atoms with E-state index in [1.54, 1.807) is 19.5 Å². The molecular weight excluding hydrogens is 264 g/mol. The van der Waals surface area contributed by atoms with E-state index >= 15 is 0 Å². The van der Waals surface area contributed by atoms with Crippen molar-refractivity contribution in [3.8, 4) is 5.75 Å². The lowest BCUT2D eigenvalue weighted by atomic mass is 10.1. The van der Waals surface area contributed by atoms with Gasteiger partial charge in [0.15, 0.2) is 0 Å². The van der Waals surface area contributed by atoms with E-state index in [0.29, 0.717) is 5.69 Å². The van der Waals surface area contributed by atoms with E-state index in [-0.39, 0.29) is 6.04 Å². The molecule has 0 fully saturated rings. The Morgan fingerprint density at radius 2 is 2.10 bits per heavy atom. The number of anilines is 2. The fraction of sp³-hybridized carbons (Fsp3) is 0.312. The Kier molecular flexibility index (Phi) is 5.00. The molecule has 0 saturated heterocycles. The van der Waals surface area contributed by atoms with Crippen molar-refractivity contribution in [1.82, 2.24) is 9.88 Å². The molecule has 1 atom stereocenters. The number of pyridine rings is 1. The number of nitrogens with zero attached hydrogens (tertiary/aromatic N) is 2. The van der Waals surface area contributed by atoms with E-state index in [2.05, 4.69) is 41.4 Å². The highest BCUT2D eigenvalue weighted by atomic mass is 16.5. The Hall–Kier alpha value is -2.27. The number of hydrogen-bond acceptors (Lipinski definition) is 5. The number of hydrogen-bond donors (Lipinski definition) is 2. The van der Waals surface area contributed by atoms with Crippen LogP contribution in [0.15, 0.2) is 42.7 Å². The number of aromatic nitrogens is 1. The summed E-state index contributed by atoms with van der Waals surface area (Å²) in [6, 6.07) is 10.2. The largest absolute Gasteiger partial charge is 0.497 e. The summed E-state index contributed by atoms with van der Waals surface area (Å²) in [5.74, 6) is 0.866. The summed E-state index contributed by atoms with van der Waals surface area (Å²) in [4.78, 5) is 6.25. The molecule has 0 aliphatic heterocycles. The van der Waals surface area contributed by atoms with Crippen LogP contribution in [-0.2, 0) is 0 Å². The lowest BCUT2D eigenvalue weighted by Gasteiger charge is -2.26. The lowest BCUT2D eigenvalue weighted by Crippen LogP contribution is -2.26. The smallest absolute Gasteiger partial charge is 0.119 e. The molecule has 112 valence electrons. The van der Waals surface area contributed by atoms with Gasteiger partial charge >= 0.3 is 0 Å². The maximum atomic E-state index is 5.74. The van der Waals surface area contributed by atoms with Crippen LogP contribution >= 0.6 is 0 Å². The van der Waals surface area contributed by atoms with Crippen molar-refractivity contribution in [2.75, 3.05) is 38.8 Å². The minimum atomic E-state index is 0.224. The molecule has 0 bridgehead atoms. The second kappa shape index (κ2) is 6.95. The molecule has 0 radical (unpaired) electrons. The van der Waals surface area contributed by atoms with Gasteiger partial charge in [0.25, 0.3) is 0 Å². The maximum absolute atomic E-state index is 5.74. The summed E-state index contributed by atoms with van der Waals surface area (Å²) in [6.07, 6.45) is 3.41.